The number of rotatable bonds is 15. The fourth-order valence-corrected chi connectivity index (χ4v) is 4.31. The number of carboxylic acids is 1. The van der Waals surface area contributed by atoms with Gasteiger partial charge in [0.15, 0.2) is 0 Å². The summed E-state index contributed by atoms with van der Waals surface area (Å²) >= 11 is 0. The Balaban J connectivity index is 1.64. The van der Waals surface area contributed by atoms with Crippen LogP contribution in [-0.2, 0) is 23.8 Å². The minimum Gasteiger partial charge on any atom is -0.481 e. The molecule has 9 heteroatoms. The van der Waals surface area contributed by atoms with E-state index in [9.17, 15) is 24.9 Å². The number of carbonyl (C=O) groups is 2. The maximum atomic E-state index is 12.0. The molecule has 2 heterocycles. The van der Waals surface area contributed by atoms with Crippen molar-refractivity contribution in [2.75, 3.05) is 13.2 Å². The Kier molecular flexibility index (Phi) is 12.4. The first-order chi connectivity index (χ1) is 16.6. The fourth-order valence-electron chi connectivity index (χ4n) is 4.31. The van der Waals surface area contributed by atoms with Gasteiger partial charge in [0.2, 0.25) is 0 Å². The number of aliphatic hydroxyl groups excluding tert-OH is 3. The van der Waals surface area contributed by atoms with Crippen molar-refractivity contribution in [3.63, 3.8) is 0 Å². The Hall–Kier alpha value is -1.78. The van der Waals surface area contributed by atoms with Gasteiger partial charge >= 0.3 is 11.9 Å². The third-order valence-corrected chi connectivity index (χ3v) is 6.76. The molecule has 8 atom stereocenters. The SMILES string of the molecule is C/C(=C\C(=O)OCCCC/C=C/CCC(=O)O)C[C@H]1OCC(C[C@@H]2O[C@H]2[C@H](C)[C@H](C)O)[C@@H](O)[C@H]1O. The van der Waals surface area contributed by atoms with E-state index in [0.29, 0.717) is 44.5 Å². The molecule has 4 N–H and O–H groups in total. The summed E-state index contributed by atoms with van der Waals surface area (Å²) in [5, 5.41) is 39.4. The number of carbonyl (C=O) groups excluding carboxylic acids is 1. The number of allylic oxidation sites excluding steroid dienone is 2. The molecule has 2 rings (SSSR count). The number of ether oxygens (including phenoxy) is 3. The van der Waals surface area contributed by atoms with Crippen LogP contribution in [-0.4, -0.2) is 82.2 Å². The van der Waals surface area contributed by atoms with E-state index in [-0.39, 0.29) is 30.5 Å². The summed E-state index contributed by atoms with van der Waals surface area (Å²) in [7, 11) is 0. The van der Waals surface area contributed by atoms with Crippen LogP contribution >= 0.6 is 0 Å². The van der Waals surface area contributed by atoms with Crippen molar-refractivity contribution < 1.29 is 44.2 Å². The first-order valence-electron chi connectivity index (χ1n) is 12.6. The van der Waals surface area contributed by atoms with Crippen LogP contribution in [0.1, 0.15) is 65.7 Å². The second kappa shape index (κ2) is 14.7. The summed E-state index contributed by atoms with van der Waals surface area (Å²) in [6.07, 6.45) is 5.88. The molecule has 0 aromatic carbocycles. The highest BCUT2D eigenvalue weighted by Crippen LogP contribution is 2.38. The first-order valence-corrected chi connectivity index (χ1v) is 12.6. The van der Waals surface area contributed by atoms with Crippen molar-refractivity contribution >= 4 is 11.9 Å². The zero-order valence-electron chi connectivity index (χ0n) is 21.0. The lowest BCUT2D eigenvalue weighted by atomic mass is 9.85. The Bertz CT molecular complexity index is 732. The number of esters is 1. The van der Waals surface area contributed by atoms with Gasteiger partial charge in [-0.15, -0.1) is 0 Å². The summed E-state index contributed by atoms with van der Waals surface area (Å²) in [6, 6.07) is 0. The molecule has 0 bridgehead atoms. The molecule has 2 saturated heterocycles. The average Bonchev–Trinajstić information content (AvgIpc) is 3.55. The molecule has 9 nitrogen and oxygen atoms in total. The first kappa shape index (κ1) is 29.5. The molecule has 0 amide bonds. The molecular formula is C26H42O9. The minimum atomic E-state index is -1.07. The van der Waals surface area contributed by atoms with E-state index in [1.54, 1.807) is 13.8 Å². The van der Waals surface area contributed by atoms with Crippen molar-refractivity contribution in [1.29, 1.82) is 0 Å². The highest BCUT2D eigenvalue weighted by Gasteiger charge is 2.48. The van der Waals surface area contributed by atoms with Gasteiger partial charge in [0.25, 0.3) is 0 Å². The molecule has 0 saturated carbocycles. The minimum absolute atomic E-state index is 0.0131. The Morgan fingerprint density at radius 2 is 1.80 bits per heavy atom. The van der Waals surface area contributed by atoms with E-state index in [2.05, 4.69) is 0 Å². The van der Waals surface area contributed by atoms with E-state index in [1.807, 2.05) is 19.1 Å². The summed E-state index contributed by atoms with van der Waals surface area (Å²) in [5.41, 5.74) is 0.697. The average molecular weight is 499 g/mol. The lowest BCUT2D eigenvalue weighted by Crippen LogP contribution is -2.50. The largest absolute Gasteiger partial charge is 0.481 e. The highest BCUT2D eigenvalue weighted by molar-refractivity contribution is 5.82. The van der Waals surface area contributed by atoms with Crippen LogP contribution in [0.3, 0.4) is 0 Å². The summed E-state index contributed by atoms with van der Waals surface area (Å²) in [4.78, 5) is 22.5. The second-order valence-corrected chi connectivity index (χ2v) is 9.85. The zero-order chi connectivity index (χ0) is 26.0. The molecule has 1 unspecified atom stereocenters. The van der Waals surface area contributed by atoms with Gasteiger partial charge < -0.3 is 34.6 Å². The van der Waals surface area contributed by atoms with Gasteiger partial charge in [0.05, 0.1) is 43.7 Å². The lowest BCUT2D eigenvalue weighted by Gasteiger charge is -2.38. The van der Waals surface area contributed by atoms with Crippen molar-refractivity contribution in [2.24, 2.45) is 11.8 Å². The summed E-state index contributed by atoms with van der Waals surface area (Å²) in [5.74, 6) is -1.50. The fraction of sp³-hybridized carbons (Fsp3) is 0.769. The number of aliphatic carboxylic acids is 1. The van der Waals surface area contributed by atoms with E-state index in [0.717, 1.165) is 12.8 Å². The number of carboxylic acid groups (broad SMARTS) is 1. The van der Waals surface area contributed by atoms with Gasteiger partial charge in [-0.2, -0.15) is 0 Å². The molecule has 0 radical (unpaired) electrons. The number of hydrogen-bond acceptors (Lipinski definition) is 8. The van der Waals surface area contributed by atoms with Crippen LogP contribution in [0.15, 0.2) is 23.8 Å². The standard InChI is InChI=1S/C26H42O9/c1-16(13-23(30)33-11-9-7-5-4-6-8-10-22(28)29)12-20-25(32)24(31)19(15-34-20)14-21-26(35-21)17(2)18(3)27/h4,6,13,17-21,24-27,31-32H,5,7-12,14-15H2,1-3H3,(H,28,29)/b6-4+,16-13+/t17-,18+,19?,20-,21+,24-,25+,26+/m1/s1. The molecule has 0 aromatic heterocycles. The van der Waals surface area contributed by atoms with Crippen molar-refractivity contribution in [2.45, 2.75) is 102 Å². The third-order valence-electron chi connectivity index (χ3n) is 6.76. The monoisotopic (exact) mass is 498 g/mol. The quantitative estimate of drug-likeness (QED) is 0.0878. The number of hydrogen-bond donors (Lipinski definition) is 4. The maximum absolute atomic E-state index is 12.0. The van der Waals surface area contributed by atoms with Gasteiger partial charge in [0, 0.05) is 24.3 Å². The molecule has 2 aliphatic heterocycles. The predicted octanol–water partition coefficient (Wildman–Crippen LogP) is 2.37. The molecule has 35 heavy (non-hydrogen) atoms. The van der Waals surface area contributed by atoms with Crippen molar-refractivity contribution in [3.8, 4) is 0 Å². The normalized spacial score (nSPS) is 30.7. The van der Waals surface area contributed by atoms with Crippen molar-refractivity contribution in [1.82, 2.24) is 0 Å². The van der Waals surface area contributed by atoms with E-state index >= 15 is 0 Å². The molecule has 0 aromatic rings. The smallest absolute Gasteiger partial charge is 0.330 e. The molecule has 0 aliphatic carbocycles. The number of aliphatic hydroxyl groups is 3. The van der Waals surface area contributed by atoms with E-state index < -0.39 is 36.4 Å². The van der Waals surface area contributed by atoms with Gasteiger partial charge in [0.1, 0.15) is 6.10 Å². The summed E-state index contributed by atoms with van der Waals surface area (Å²) < 4.78 is 16.7. The maximum Gasteiger partial charge on any atom is 0.330 e. The van der Waals surface area contributed by atoms with Crippen molar-refractivity contribution in [3.05, 3.63) is 23.8 Å². The van der Waals surface area contributed by atoms with Crippen LogP contribution in [0, 0.1) is 11.8 Å². The van der Waals surface area contributed by atoms with Crippen LogP contribution in [0.5, 0.6) is 0 Å². The predicted molar refractivity (Wildman–Crippen MR) is 129 cm³/mol. The van der Waals surface area contributed by atoms with Gasteiger partial charge in [-0.3, -0.25) is 4.79 Å². The molecular weight excluding hydrogens is 456 g/mol. The van der Waals surface area contributed by atoms with Crippen LogP contribution in [0.4, 0.5) is 0 Å². The van der Waals surface area contributed by atoms with Gasteiger partial charge in [-0.05, 0) is 52.4 Å². The van der Waals surface area contributed by atoms with Gasteiger partial charge in [-0.1, -0.05) is 24.6 Å². The van der Waals surface area contributed by atoms with Crippen LogP contribution < -0.4 is 0 Å². The third kappa shape index (κ3) is 10.4. The van der Waals surface area contributed by atoms with Crippen LogP contribution in [0.25, 0.3) is 0 Å². The topological polar surface area (TPSA) is 146 Å². The molecule has 0 spiro atoms. The lowest BCUT2D eigenvalue weighted by molar-refractivity contribution is -0.165. The Morgan fingerprint density at radius 3 is 2.49 bits per heavy atom. The Labute approximate surface area is 207 Å². The van der Waals surface area contributed by atoms with E-state index in [4.69, 9.17) is 19.3 Å². The zero-order valence-corrected chi connectivity index (χ0v) is 21.0. The second-order valence-electron chi connectivity index (χ2n) is 9.85. The molecule has 2 aliphatic rings. The molecule has 200 valence electrons. The van der Waals surface area contributed by atoms with Gasteiger partial charge in [-0.25, -0.2) is 4.79 Å². The van der Waals surface area contributed by atoms with Crippen LogP contribution in [0.2, 0.25) is 0 Å². The number of epoxide rings is 1. The molecule has 2 fully saturated rings. The Morgan fingerprint density at radius 1 is 1.09 bits per heavy atom. The van der Waals surface area contributed by atoms with E-state index in [1.165, 1.54) is 6.08 Å². The summed E-state index contributed by atoms with van der Waals surface area (Å²) in [6.45, 7) is 6.01. The number of unbranched alkanes of at least 4 members (excludes halogenated alkanes) is 2. The highest BCUT2D eigenvalue weighted by atomic mass is 16.6.